The van der Waals surface area contributed by atoms with Crippen molar-refractivity contribution < 1.29 is 5.11 Å². The third-order valence-electron chi connectivity index (χ3n) is 2.84. The second-order valence-electron chi connectivity index (χ2n) is 3.96. The molecule has 2 unspecified atom stereocenters. The molecular formula is C12H17BrO. The van der Waals surface area contributed by atoms with Gasteiger partial charge in [0.05, 0.1) is 0 Å². The van der Waals surface area contributed by atoms with Crippen LogP contribution in [0, 0.1) is 12.8 Å². The van der Waals surface area contributed by atoms with Gasteiger partial charge in [0.25, 0.3) is 0 Å². The first-order valence-electron chi connectivity index (χ1n) is 4.91. The zero-order valence-electron chi connectivity index (χ0n) is 8.92. The van der Waals surface area contributed by atoms with Crippen molar-refractivity contribution in [3.05, 3.63) is 29.3 Å². The Hall–Kier alpha value is -0.500. The van der Waals surface area contributed by atoms with Crippen molar-refractivity contribution in [1.29, 1.82) is 0 Å². The highest BCUT2D eigenvalue weighted by molar-refractivity contribution is 9.09. The second-order valence-corrected chi connectivity index (χ2v) is 4.61. The number of halogens is 1. The number of hydrogen-bond acceptors (Lipinski definition) is 1. The van der Waals surface area contributed by atoms with Gasteiger partial charge in [-0.1, -0.05) is 35.8 Å². The van der Waals surface area contributed by atoms with Gasteiger partial charge in [0.1, 0.15) is 5.75 Å². The molecule has 0 saturated carbocycles. The summed E-state index contributed by atoms with van der Waals surface area (Å²) in [5, 5.41) is 10.3. The molecule has 0 aliphatic heterocycles. The molecule has 0 saturated heterocycles. The van der Waals surface area contributed by atoms with Gasteiger partial charge < -0.3 is 5.11 Å². The average Bonchev–Trinajstić information content (AvgIpc) is 2.15. The standard InChI is InChI=1S/C12H17BrO/c1-8-6-11(14)4-5-12(8)10(3)9(2)7-13/h4-6,9-10,14H,7H2,1-3H3. The van der Waals surface area contributed by atoms with Gasteiger partial charge in [-0.15, -0.1) is 0 Å². The van der Waals surface area contributed by atoms with E-state index in [2.05, 4.69) is 29.8 Å². The molecule has 1 N–H and O–H groups in total. The molecule has 2 heteroatoms. The molecule has 14 heavy (non-hydrogen) atoms. The molecule has 78 valence electrons. The second kappa shape index (κ2) is 4.83. The third-order valence-corrected chi connectivity index (χ3v) is 3.86. The number of rotatable bonds is 3. The Morgan fingerprint density at radius 3 is 2.50 bits per heavy atom. The summed E-state index contributed by atoms with van der Waals surface area (Å²) >= 11 is 3.50. The zero-order chi connectivity index (χ0) is 10.7. The van der Waals surface area contributed by atoms with E-state index in [1.165, 1.54) is 11.1 Å². The van der Waals surface area contributed by atoms with Crippen molar-refractivity contribution >= 4 is 15.9 Å². The third kappa shape index (κ3) is 2.50. The summed E-state index contributed by atoms with van der Waals surface area (Å²) in [6, 6.07) is 5.61. The number of benzene rings is 1. The van der Waals surface area contributed by atoms with Gasteiger partial charge in [-0.25, -0.2) is 0 Å². The Kier molecular flexibility index (Phi) is 3.99. The lowest BCUT2D eigenvalue weighted by Crippen LogP contribution is -2.08. The predicted octanol–water partition coefficient (Wildman–Crippen LogP) is 3.84. The Morgan fingerprint density at radius 1 is 1.36 bits per heavy atom. The lowest BCUT2D eigenvalue weighted by Gasteiger charge is -2.20. The van der Waals surface area contributed by atoms with Gasteiger partial charge in [-0.2, -0.15) is 0 Å². The fraction of sp³-hybridized carbons (Fsp3) is 0.500. The molecule has 1 rings (SSSR count). The van der Waals surface area contributed by atoms with E-state index in [1.54, 1.807) is 6.07 Å². The SMILES string of the molecule is Cc1cc(O)ccc1C(C)C(C)CBr. The summed E-state index contributed by atoms with van der Waals surface area (Å²) in [5.74, 6) is 1.48. The molecular weight excluding hydrogens is 240 g/mol. The Morgan fingerprint density at radius 2 is 2.00 bits per heavy atom. The number of aryl methyl sites for hydroxylation is 1. The van der Waals surface area contributed by atoms with E-state index in [4.69, 9.17) is 0 Å². The van der Waals surface area contributed by atoms with Gasteiger partial charge in [0, 0.05) is 5.33 Å². The molecule has 1 aromatic carbocycles. The molecule has 0 spiro atoms. The quantitative estimate of drug-likeness (QED) is 0.816. The normalized spacial score (nSPS) is 15.1. The van der Waals surface area contributed by atoms with Crippen LogP contribution in [0.5, 0.6) is 5.75 Å². The van der Waals surface area contributed by atoms with E-state index in [-0.39, 0.29) is 0 Å². The van der Waals surface area contributed by atoms with Crippen molar-refractivity contribution in [2.75, 3.05) is 5.33 Å². The van der Waals surface area contributed by atoms with Crippen molar-refractivity contribution in [1.82, 2.24) is 0 Å². The molecule has 0 radical (unpaired) electrons. The Balaban J connectivity index is 2.95. The van der Waals surface area contributed by atoms with Crippen LogP contribution in [-0.4, -0.2) is 10.4 Å². The Bertz CT molecular complexity index is 309. The minimum absolute atomic E-state index is 0.352. The summed E-state index contributed by atoms with van der Waals surface area (Å²) < 4.78 is 0. The van der Waals surface area contributed by atoms with E-state index in [0.29, 0.717) is 17.6 Å². The topological polar surface area (TPSA) is 20.2 Å². The summed E-state index contributed by atoms with van der Waals surface area (Å²) in [6.07, 6.45) is 0. The number of phenols is 1. The van der Waals surface area contributed by atoms with Crippen LogP contribution in [0.4, 0.5) is 0 Å². The minimum Gasteiger partial charge on any atom is -0.508 e. The highest BCUT2D eigenvalue weighted by Crippen LogP contribution is 2.29. The Labute approximate surface area is 94.3 Å². The summed E-state index contributed by atoms with van der Waals surface area (Å²) in [6.45, 7) is 6.50. The summed E-state index contributed by atoms with van der Waals surface area (Å²) in [4.78, 5) is 0. The predicted molar refractivity (Wildman–Crippen MR) is 64.2 cm³/mol. The number of alkyl halides is 1. The fourth-order valence-corrected chi connectivity index (χ4v) is 2.17. The molecule has 0 fully saturated rings. The van der Waals surface area contributed by atoms with E-state index in [0.717, 1.165) is 5.33 Å². The van der Waals surface area contributed by atoms with Crippen molar-refractivity contribution in [2.24, 2.45) is 5.92 Å². The van der Waals surface area contributed by atoms with E-state index < -0.39 is 0 Å². The zero-order valence-corrected chi connectivity index (χ0v) is 10.5. The molecule has 0 aromatic heterocycles. The average molecular weight is 257 g/mol. The first-order valence-corrected chi connectivity index (χ1v) is 6.04. The smallest absolute Gasteiger partial charge is 0.115 e. The first-order chi connectivity index (χ1) is 6.56. The molecule has 0 aliphatic carbocycles. The minimum atomic E-state index is 0.352. The molecule has 0 aliphatic rings. The van der Waals surface area contributed by atoms with E-state index >= 15 is 0 Å². The highest BCUT2D eigenvalue weighted by Gasteiger charge is 2.15. The van der Waals surface area contributed by atoms with Gasteiger partial charge in [-0.3, -0.25) is 0 Å². The number of phenolic OH excluding ortho intramolecular Hbond substituents is 1. The van der Waals surface area contributed by atoms with Gasteiger partial charge in [0.15, 0.2) is 0 Å². The number of hydrogen-bond donors (Lipinski definition) is 1. The lowest BCUT2D eigenvalue weighted by molar-refractivity contribution is 0.473. The van der Waals surface area contributed by atoms with Crippen LogP contribution in [0.15, 0.2) is 18.2 Å². The van der Waals surface area contributed by atoms with Crippen LogP contribution in [0.3, 0.4) is 0 Å². The van der Waals surface area contributed by atoms with Crippen LogP contribution in [0.1, 0.15) is 30.9 Å². The van der Waals surface area contributed by atoms with E-state index in [1.807, 2.05) is 19.1 Å². The van der Waals surface area contributed by atoms with Crippen LogP contribution in [0.2, 0.25) is 0 Å². The van der Waals surface area contributed by atoms with Gasteiger partial charge in [-0.05, 0) is 42.0 Å². The maximum absolute atomic E-state index is 9.31. The number of aromatic hydroxyl groups is 1. The van der Waals surface area contributed by atoms with Crippen molar-refractivity contribution in [3.8, 4) is 5.75 Å². The maximum atomic E-state index is 9.31. The fourth-order valence-electron chi connectivity index (χ4n) is 1.61. The monoisotopic (exact) mass is 256 g/mol. The molecule has 0 heterocycles. The van der Waals surface area contributed by atoms with Crippen LogP contribution in [-0.2, 0) is 0 Å². The highest BCUT2D eigenvalue weighted by atomic mass is 79.9. The summed E-state index contributed by atoms with van der Waals surface area (Å²) in [7, 11) is 0. The molecule has 1 aromatic rings. The molecule has 0 bridgehead atoms. The van der Waals surface area contributed by atoms with Crippen LogP contribution < -0.4 is 0 Å². The van der Waals surface area contributed by atoms with E-state index in [9.17, 15) is 5.11 Å². The first kappa shape index (κ1) is 11.6. The molecule has 2 atom stereocenters. The van der Waals surface area contributed by atoms with Gasteiger partial charge in [0.2, 0.25) is 0 Å². The largest absolute Gasteiger partial charge is 0.508 e. The molecule has 0 amide bonds. The van der Waals surface area contributed by atoms with Gasteiger partial charge >= 0.3 is 0 Å². The van der Waals surface area contributed by atoms with Crippen molar-refractivity contribution in [2.45, 2.75) is 26.7 Å². The molecule has 1 nitrogen and oxygen atoms in total. The van der Waals surface area contributed by atoms with Crippen LogP contribution >= 0.6 is 15.9 Å². The lowest BCUT2D eigenvalue weighted by atomic mass is 9.87. The van der Waals surface area contributed by atoms with Crippen LogP contribution in [0.25, 0.3) is 0 Å². The van der Waals surface area contributed by atoms with Crippen molar-refractivity contribution in [3.63, 3.8) is 0 Å². The maximum Gasteiger partial charge on any atom is 0.115 e. The summed E-state index contributed by atoms with van der Waals surface area (Å²) in [5.41, 5.74) is 2.50.